The third-order valence-electron chi connectivity index (χ3n) is 5.93. The molecule has 0 radical (unpaired) electrons. The first-order chi connectivity index (χ1) is 13.7. The van der Waals surface area contributed by atoms with Crippen LogP contribution in [0.3, 0.4) is 0 Å². The molecule has 2 aliphatic heterocycles. The van der Waals surface area contributed by atoms with Gasteiger partial charge in [-0.3, -0.25) is 9.89 Å². The Balaban J connectivity index is 0.00000420. The number of aliphatic imine (C=N–C) groups is 1. The number of halogens is 1. The first-order valence-electron chi connectivity index (χ1n) is 11.7. The molecule has 0 aromatic rings. The van der Waals surface area contributed by atoms with E-state index >= 15 is 0 Å². The molecular formula is C22H46IN5O. The minimum absolute atomic E-state index is 0. The van der Waals surface area contributed by atoms with Gasteiger partial charge in [-0.25, -0.2) is 0 Å². The zero-order valence-corrected chi connectivity index (χ0v) is 21.5. The van der Waals surface area contributed by atoms with E-state index in [-0.39, 0.29) is 24.0 Å². The van der Waals surface area contributed by atoms with E-state index in [1.54, 1.807) is 0 Å². The molecule has 2 aliphatic rings. The summed E-state index contributed by atoms with van der Waals surface area (Å²) in [6, 6.07) is 0.548. The Morgan fingerprint density at radius 3 is 2.34 bits per heavy atom. The predicted octanol–water partition coefficient (Wildman–Crippen LogP) is 3.17. The molecule has 0 aliphatic carbocycles. The summed E-state index contributed by atoms with van der Waals surface area (Å²) >= 11 is 0. The van der Waals surface area contributed by atoms with Crippen LogP contribution in [0.15, 0.2) is 4.99 Å². The van der Waals surface area contributed by atoms with Crippen LogP contribution in [0, 0.1) is 5.92 Å². The van der Waals surface area contributed by atoms with Gasteiger partial charge in [0.1, 0.15) is 0 Å². The summed E-state index contributed by atoms with van der Waals surface area (Å²) in [6.07, 6.45) is 9.26. The number of nitrogens with one attached hydrogen (secondary N) is 2. The number of guanidine groups is 1. The van der Waals surface area contributed by atoms with Gasteiger partial charge in [-0.1, -0.05) is 26.7 Å². The molecule has 0 bridgehead atoms. The van der Waals surface area contributed by atoms with Gasteiger partial charge in [-0.15, -0.1) is 24.0 Å². The maximum absolute atomic E-state index is 5.52. The van der Waals surface area contributed by atoms with Gasteiger partial charge < -0.3 is 20.3 Å². The Hall–Kier alpha value is -0.120. The van der Waals surface area contributed by atoms with Crippen LogP contribution in [0.5, 0.6) is 0 Å². The number of morpholine rings is 1. The second-order valence-electron chi connectivity index (χ2n) is 8.77. The smallest absolute Gasteiger partial charge is 0.191 e. The molecule has 2 fully saturated rings. The highest BCUT2D eigenvalue weighted by Crippen LogP contribution is 2.13. The van der Waals surface area contributed by atoms with Gasteiger partial charge in [0, 0.05) is 39.3 Å². The number of piperidine rings is 1. The molecule has 0 amide bonds. The summed E-state index contributed by atoms with van der Waals surface area (Å²) in [7, 11) is 1.87. The number of unbranched alkanes of at least 4 members (excludes halogenated alkanes) is 2. The van der Waals surface area contributed by atoms with Crippen LogP contribution in [-0.2, 0) is 4.74 Å². The molecule has 0 spiro atoms. The van der Waals surface area contributed by atoms with Crippen molar-refractivity contribution in [3.63, 3.8) is 0 Å². The highest BCUT2D eigenvalue weighted by Gasteiger charge is 2.22. The van der Waals surface area contributed by atoms with Crippen molar-refractivity contribution in [2.45, 2.75) is 64.8 Å². The van der Waals surface area contributed by atoms with Crippen molar-refractivity contribution in [2.24, 2.45) is 10.9 Å². The SMILES string of the molecule is CN=C(NCCCCCN1CCCCC1)NCC(CC(C)C)N1CCOCC1.I. The van der Waals surface area contributed by atoms with E-state index < -0.39 is 0 Å². The first-order valence-corrected chi connectivity index (χ1v) is 11.7. The molecule has 0 saturated carbocycles. The normalized spacial score (nSPS) is 20.3. The molecule has 2 heterocycles. The van der Waals surface area contributed by atoms with E-state index in [0.29, 0.717) is 12.0 Å². The first kappa shape index (κ1) is 26.9. The van der Waals surface area contributed by atoms with Gasteiger partial charge in [0.25, 0.3) is 0 Å². The third kappa shape index (κ3) is 11.7. The van der Waals surface area contributed by atoms with Crippen LogP contribution in [0.1, 0.15) is 58.8 Å². The number of hydrogen-bond acceptors (Lipinski definition) is 4. The lowest BCUT2D eigenvalue weighted by Gasteiger charge is -2.35. The second kappa shape index (κ2) is 16.6. The van der Waals surface area contributed by atoms with E-state index in [2.05, 4.69) is 39.3 Å². The maximum atomic E-state index is 5.52. The van der Waals surface area contributed by atoms with Crippen molar-refractivity contribution < 1.29 is 4.74 Å². The van der Waals surface area contributed by atoms with Crippen molar-refractivity contribution in [1.29, 1.82) is 0 Å². The van der Waals surface area contributed by atoms with Gasteiger partial charge in [0.05, 0.1) is 13.2 Å². The number of nitrogens with zero attached hydrogens (tertiary/aromatic N) is 3. The fourth-order valence-corrected chi connectivity index (χ4v) is 4.31. The monoisotopic (exact) mass is 523 g/mol. The largest absolute Gasteiger partial charge is 0.379 e. The Kier molecular flexibility index (Phi) is 15.4. The van der Waals surface area contributed by atoms with E-state index in [1.807, 2.05) is 7.05 Å². The summed E-state index contributed by atoms with van der Waals surface area (Å²) in [6.45, 7) is 14.3. The van der Waals surface area contributed by atoms with Gasteiger partial charge >= 0.3 is 0 Å². The summed E-state index contributed by atoms with van der Waals surface area (Å²) in [5.74, 6) is 1.64. The molecule has 2 saturated heterocycles. The summed E-state index contributed by atoms with van der Waals surface area (Å²) in [4.78, 5) is 9.63. The second-order valence-corrected chi connectivity index (χ2v) is 8.77. The minimum atomic E-state index is 0. The topological polar surface area (TPSA) is 52.1 Å². The Labute approximate surface area is 196 Å². The average Bonchev–Trinajstić information content (AvgIpc) is 2.73. The molecule has 2 N–H and O–H groups in total. The lowest BCUT2D eigenvalue weighted by atomic mass is 10.0. The van der Waals surface area contributed by atoms with Crippen molar-refractivity contribution in [3.05, 3.63) is 0 Å². The van der Waals surface area contributed by atoms with E-state index in [0.717, 1.165) is 45.4 Å². The van der Waals surface area contributed by atoms with Crippen molar-refractivity contribution in [1.82, 2.24) is 20.4 Å². The predicted molar refractivity (Wildman–Crippen MR) is 135 cm³/mol. The van der Waals surface area contributed by atoms with Crippen LogP contribution in [0.2, 0.25) is 0 Å². The van der Waals surface area contributed by atoms with Crippen molar-refractivity contribution in [2.75, 3.05) is 66.1 Å². The highest BCUT2D eigenvalue weighted by atomic mass is 127. The van der Waals surface area contributed by atoms with Gasteiger partial charge in [0.2, 0.25) is 0 Å². The van der Waals surface area contributed by atoms with Gasteiger partial charge in [0.15, 0.2) is 5.96 Å². The fraction of sp³-hybridized carbons (Fsp3) is 0.955. The molecule has 7 heteroatoms. The third-order valence-corrected chi connectivity index (χ3v) is 5.93. The van der Waals surface area contributed by atoms with Crippen LogP contribution in [0.4, 0.5) is 0 Å². The average molecular weight is 524 g/mol. The lowest BCUT2D eigenvalue weighted by Crippen LogP contribution is -2.51. The van der Waals surface area contributed by atoms with Crippen LogP contribution < -0.4 is 10.6 Å². The van der Waals surface area contributed by atoms with Gasteiger partial charge in [-0.05, 0) is 57.7 Å². The van der Waals surface area contributed by atoms with E-state index in [1.165, 1.54) is 64.6 Å². The number of likely N-dealkylation sites (tertiary alicyclic amines) is 1. The molecule has 0 aromatic carbocycles. The standard InChI is InChI=1S/C22H45N5O.HI/c1-20(2)18-21(27-14-16-28-17-15-27)19-25-22(23-3)24-10-6-4-7-11-26-12-8-5-9-13-26;/h20-21H,4-19H2,1-3H3,(H2,23,24,25);1H. The molecule has 1 atom stereocenters. The fourth-order valence-electron chi connectivity index (χ4n) is 4.31. The highest BCUT2D eigenvalue weighted by molar-refractivity contribution is 14.0. The molecule has 1 unspecified atom stereocenters. The van der Waals surface area contributed by atoms with E-state index in [9.17, 15) is 0 Å². The quantitative estimate of drug-likeness (QED) is 0.189. The Morgan fingerprint density at radius 1 is 0.966 bits per heavy atom. The zero-order chi connectivity index (χ0) is 20.0. The molecule has 172 valence electrons. The number of hydrogen-bond donors (Lipinski definition) is 2. The van der Waals surface area contributed by atoms with Crippen LogP contribution >= 0.6 is 24.0 Å². The summed E-state index contributed by atoms with van der Waals surface area (Å²) in [5, 5.41) is 7.06. The van der Waals surface area contributed by atoms with Gasteiger partial charge in [-0.2, -0.15) is 0 Å². The zero-order valence-electron chi connectivity index (χ0n) is 19.1. The molecule has 6 nitrogen and oxygen atoms in total. The minimum Gasteiger partial charge on any atom is -0.379 e. The van der Waals surface area contributed by atoms with Crippen LogP contribution in [0.25, 0.3) is 0 Å². The summed E-state index contributed by atoms with van der Waals surface area (Å²) < 4.78 is 5.52. The van der Waals surface area contributed by atoms with Crippen LogP contribution in [-0.4, -0.2) is 87.9 Å². The Morgan fingerprint density at radius 2 is 1.69 bits per heavy atom. The summed E-state index contributed by atoms with van der Waals surface area (Å²) in [5.41, 5.74) is 0. The Bertz CT molecular complexity index is 423. The van der Waals surface area contributed by atoms with E-state index in [4.69, 9.17) is 4.74 Å². The molecule has 29 heavy (non-hydrogen) atoms. The molecule has 0 aromatic heterocycles. The lowest BCUT2D eigenvalue weighted by molar-refractivity contribution is 0.0132. The van der Waals surface area contributed by atoms with Crippen molar-refractivity contribution in [3.8, 4) is 0 Å². The van der Waals surface area contributed by atoms with Crippen molar-refractivity contribution >= 4 is 29.9 Å². The molecular weight excluding hydrogens is 477 g/mol. The maximum Gasteiger partial charge on any atom is 0.191 e. The molecule has 2 rings (SSSR count). The number of rotatable bonds is 11. The number of ether oxygens (including phenoxy) is 1.